The van der Waals surface area contributed by atoms with Crippen LogP contribution in [0.25, 0.3) is 12.2 Å². The van der Waals surface area contributed by atoms with Crippen molar-refractivity contribution < 1.29 is 14.9 Å². The van der Waals surface area contributed by atoms with Gasteiger partial charge in [0.25, 0.3) is 0 Å². The zero-order chi connectivity index (χ0) is 19.2. The highest BCUT2D eigenvalue weighted by atomic mass is 16.5. The van der Waals surface area contributed by atoms with Crippen molar-refractivity contribution in [3.05, 3.63) is 108 Å². The topological polar surface area (TPSA) is 49.7 Å². The summed E-state index contributed by atoms with van der Waals surface area (Å²) in [6.07, 6.45) is 8.21. The molecule has 2 N–H and O–H groups in total. The van der Waals surface area contributed by atoms with Gasteiger partial charge in [0, 0.05) is 0 Å². The average molecular weight is 360 g/mol. The third-order valence-electron chi connectivity index (χ3n) is 3.53. The molecule has 0 atom stereocenters. The van der Waals surface area contributed by atoms with Gasteiger partial charge in [-0.05, 0) is 23.3 Å². The summed E-state index contributed by atoms with van der Waals surface area (Å²) in [5, 5.41) is 17.3. The Morgan fingerprint density at radius 2 is 0.926 bits per heavy atom. The number of ether oxygens (including phenoxy) is 1. The molecule has 0 radical (unpaired) electrons. The third-order valence-corrected chi connectivity index (χ3v) is 3.53. The molecule has 138 valence electrons. The molecule has 0 saturated carbocycles. The summed E-state index contributed by atoms with van der Waals surface area (Å²) in [5.74, 6) is -0.153. The fourth-order valence-corrected chi connectivity index (χ4v) is 2.16. The summed E-state index contributed by atoms with van der Waals surface area (Å²) in [6, 6.07) is 26.6. The molecule has 0 aliphatic carbocycles. The first-order valence-corrected chi connectivity index (χ1v) is 8.73. The summed E-state index contributed by atoms with van der Waals surface area (Å²) in [7, 11) is 0. The van der Waals surface area contributed by atoms with E-state index in [-0.39, 0.29) is 11.5 Å². The van der Waals surface area contributed by atoms with Crippen molar-refractivity contribution in [3.63, 3.8) is 0 Å². The second-order valence-electron chi connectivity index (χ2n) is 5.65. The molecule has 3 aromatic carbocycles. The van der Waals surface area contributed by atoms with E-state index in [1.807, 2.05) is 48.6 Å². The number of para-hydroxylation sites is 2. The highest BCUT2D eigenvalue weighted by Gasteiger charge is 1.90. The van der Waals surface area contributed by atoms with Gasteiger partial charge in [-0.1, -0.05) is 97.1 Å². The summed E-state index contributed by atoms with van der Waals surface area (Å²) < 4.78 is 5.50. The van der Waals surface area contributed by atoms with Gasteiger partial charge >= 0.3 is 0 Å². The molecule has 0 amide bonds. The molecule has 0 saturated heterocycles. The predicted octanol–water partition coefficient (Wildman–Crippen LogP) is 5.53. The Labute approximate surface area is 160 Å². The fourth-order valence-electron chi connectivity index (χ4n) is 2.16. The number of benzene rings is 3. The van der Waals surface area contributed by atoms with Crippen LogP contribution in [0.15, 0.2) is 97.1 Å². The second kappa shape index (κ2) is 12.1. The fraction of sp³-hybridized carbons (Fsp3) is 0.0833. The van der Waals surface area contributed by atoms with Crippen molar-refractivity contribution in [1.82, 2.24) is 0 Å². The van der Waals surface area contributed by atoms with E-state index in [4.69, 9.17) is 14.9 Å². The zero-order valence-electron chi connectivity index (χ0n) is 15.1. The number of rotatable bonds is 6. The average Bonchev–Trinajstić information content (AvgIpc) is 2.72. The molecule has 0 bridgehead atoms. The maximum absolute atomic E-state index is 8.67. The van der Waals surface area contributed by atoms with Crippen molar-refractivity contribution in [1.29, 1.82) is 0 Å². The normalized spacial score (nSPS) is 10.7. The van der Waals surface area contributed by atoms with E-state index in [1.54, 1.807) is 12.1 Å². The maximum Gasteiger partial charge on any atom is 0.157 e. The van der Waals surface area contributed by atoms with E-state index in [9.17, 15) is 0 Å². The highest BCUT2D eigenvalue weighted by molar-refractivity contribution is 5.49. The van der Waals surface area contributed by atoms with Gasteiger partial charge in [0.1, 0.15) is 0 Å². The van der Waals surface area contributed by atoms with Crippen LogP contribution in [-0.2, 0) is 4.74 Å². The zero-order valence-corrected chi connectivity index (χ0v) is 15.1. The van der Waals surface area contributed by atoms with Crippen LogP contribution in [0.2, 0.25) is 0 Å². The van der Waals surface area contributed by atoms with Crippen LogP contribution in [0.3, 0.4) is 0 Å². The molecular weight excluding hydrogens is 336 g/mol. The number of hydrogen-bond acceptors (Lipinski definition) is 3. The van der Waals surface area contributed by atoms with Crippen LogP contribution in [0.5, 0.6) is 11.5 Å². The van der Waals surface area contributed by atoms with E-state index >= 15 is 0 Å². The Morgan fingerprint density at radius 1 is 0.556 bits per heavy atom. The number of phenolic OH excluding ortho intramolecular Hbond substituents is 2. The molecule has 0 unspecified atom stereocenters. The molecule has 0 aliphatic rings. The van der Waals surface area contributed by atoms with Crippen LogP contribution in [0.1, 0.15) is 11.1 Å². The molecule has 3 heteroatoms. The number of aromatic hydroxyl groups is 2. The second-order valence-corrected chi connectivity index (χ2v) is 5.65. The van der Waals surface area contributed by atoms with Crippen molar-refractivity contribution in [2.75, 3.05) is 13.2 Å². The number of phenols is 2. The molecule has 0 aliphatic heterocycles. The Bertz CT molecular complexity index is 754. The van der Waals surface area contributed by atoms with E-state index in [1.165, 1.54) is 23.3 Å². The van der Waals surface area contributed by atoms with Gasteiger partial charge < -0.3 is 14.9 Å². The lowest BCUT2D eigenvalue weighted by molar-refractivity contribution is 0.195. The third kappa shape index (κ3) is 8.56. The quantitative estimate of drug-likeness (QED) is 0.449. The minimum atomic E-state index is -0.0764. The first-order chi connectivity index (χ1) is 13.3. The summed E-state index contributed by atoms with van der Waals surface area (Å²) >= 11 is 0. The Kier molecular flexibility index (Phi) is 8.98. The van der Waals surface area contributed by atoms with Crippen LogP contribution in [0, 0.1) is 0 Å². The van der Waals surface area contributed by atoms with E-state index < -0.39 is 0 Å². The highest BCUT2D eigenvalue weighted by Crippen LogP contribution is 2.21. The van der Waals surface area contributed by atoms with Gasteiger partial charge in [-0.25, -0.2) is 0 Å². The van der Waals surface area contributed by atoms with Crippen LogP contribution < -0.4 is 0 Å². The molecule has 27 heavy (non-hydrogen) atoms. The largest absolute Gasteiger partial charge is 0.504 e. The minimum absolute atomic E-state index is 0.0764. The minimum Gasteiger partial charge on any atom is -0.504 e. The first kappa shape index (κ1) is 20.0. The molecule has 0 aromatic heterocycles. The van der Waals surface area contributed by atoms with Gasteiger partial charge in [0.15, 0.2) is 11.5 Å². The van der Waals surface area contributed by atoms with Crippen LogP contribution in [-0.4, -0.2) is 23.4 Å². The van der Waals surface area contributed by atoms with Gasteiger partial charge in [-0.2, -0.15) is 0 Å². The van der Waals surface area contributed by atoms with Crippen molar-refractivity contribution in [2.45, 2.75) is 0 Å². The van der Waals surface area contributed by atoms with Crippen LogP contribution >= 0.6 is 0 Å². The lowest BCUT2D eigenvalue weighted by Gasteiger charge is -1.96. The maximum atomic E-state index is 8.67. The summed E-state index contributed by atoms with van der Waals surface area (Å²) in [6.45, 7) is 1.27. The molecule has 0 spiro atoms. The molecule has 3 aromatic rings. The van der Waals surface area contributed by atoms with E-state index in [2.05, 4.69) is 36.4 Å². The van der Waals surface area contributed by atoms with E-state index in [0.29, 0.717) is 13.2 Å². The summed E-state index contributed by atoms with van der Waals surface area (Å²) in [4.78, 5) is 0. The Morgan fingerprint density at radius 3 is 1.30 bits per heavy atom. The molecular formula is C24H24O3. The van der Waals surface area contributed by atoms with Crippen molar-refractivity contribution in [2.24, 2.45) is 0 Å². The van der Waals surface area contributed by atoms with Crippen molar-refractivity contribution in [3.8, 4) is 11.5 Å². The van der Waals surface area contributed by atoms with Gasteiger partial charge in [0.05, 0.1) is 13.2 Å². The Balaban J connectivity index is 0.000000273. The van der Waals surface area contributed by atoms with Crippen LogP contribution in [0.4, 0.5) is 0 Å². The predicted molar refractivity (Wildman–Crippen MR) is 112 cm³/mol. The van der Waals surface area contributed by atoms with Gasteiger partial charge in [-0.15, -0.1) is 0 Å². The first-order valence-electron chi connectivity index (χ1n) is 8.73. The van der Waals surface area contributed by atoms with E-state index in [0.717, 1.165) is 0 Å². The monoisotopic (exact) mass is 360 g/mol. The van der Waals surface area contributed by atoms with Gasteiger partial charge in [0.2, 0.25) is 0 Å². The van der Waals surface area contributed by atoms with Crippen molar-refractivity contribution >= 4 is 12.2 Å². The number of hydrogen-bond donors (Lipinski definition) is 2. The SMILES string of the molecule is C(=C\c1ccccc1)/COC/C=C/c1ccccc1.Oc1ccccc1O. The molecule has 0 fully saturated rings. The molecule has 3 nitrogen and oxygen atoms in total. The smallest absolute Gasteiger partial charge is 0.157 e. The lowest BCUT2D eigenvalue weighted by Crippen LogP contribution is -1.90. The Hall–Kier alpha value is -3.30. The lowest BCUT2D eigenvalue weighted by atomic mass is 10.2. The molecule has 0 heterocycles. The van der Waals surface area contributed by atoms with Gasteiger partial charge in [-0.3, -0.25) is 0 Å². The molecule has 3 rings (SSSR count). The standard InChI is InChI=1S/C18H18O.C6H6O2/c1-3-9-17(10-4-1)13-7-15-19-16-8-14-18-11-5-2-6-12-18;7-5-3-1-2-4-6(5)8/h1-14H,15-16H2;1-4,7-8H/b13-7+,14-8+;. The summed E-state index contributed by atoms with van der Waals surface area (Å²) in [5.41, 5.74) is 2.40.